The summed E-state index contributed by atoms with van der Waals surface area (Å²) in [5.41, 5.74) is 4.91. The number of phenolic OH excluding ortho intramolecular Hbond substituents is 1. The van der Waals surface area contributed by atoms with E-state index in [1.165, 1.54) is 6.21 Å². The van der Waals surface area contributed by atoms with Gasteiger partial charge in [0.2, 0.25) is 0 Å². The Morgan fingerprint density at radius 3 is 2.64 bits per heavy atom. The molecule has 2 N–H and O–H groups in total. The van der Waals surface area contributed by atoms with Crippen LogP contribution in [-0.4, -0.2) is 30.4 Å². The van der Waals surface area contributed by atoms with Gasteiger partial charge in [0.05, 0.1) is 12.8 Å². The molecule has 0 heterocycles. The molecule has 0 fully saturated rings. The second-order valence-corrected chi connectivity index (χ2v) is 5.41. The van der Waals surface area contributed by atoms with E-state index in [1.54, 1.807) is 18.2 Å². The van der Waals surface area contributed by atoms with Gasteiger partial charge in [0, 0.05) is 5.56 Å². The molecular weight excluding hydrogens is 320 g/mol. The molecule has 0 bridgehead atoms. The van der Waals surface area contributed by atoms with E-state index in [2.05, 4.69) is 10.5 Å². The number of aromatic hydroxyl groups is 1. The van der Waals surface area contributed by atoms with Crippen molar-refractivity contribution in [1.29, 1.82) is 0 Å². The van der Waals surface area contributed by atoms with Crippen LogP contribution in [0.1, 0.15) is 23.6 Å². The van der Waals surface area contributed by atoms with Crippen LogP contribution in [-0.2, 0) is 4.79 Å². The van der Waals surface area contributed by atoms with Gasteiger partial charge in [-0.15, -0.1) is 0 Å². The first kappa shape index (κ1) is 18.3. The van der Waals surface area contributed by atoms with E-state index >= 15 is 0 Å². The number of rotatable bonds is 7. The normalized spacial score (nSPS) is 10.7. The minimum absolute atomic E-state index is 0.0195. The van der Waals surface area contributed by atoms with Crippen LogP contribution in [0.15, 0.2) is 41.5 Å². The Hall–Kier alpha value is -3.02. The van der Waals surface area contributed by atoms with Crippen molar-refractivity contribution in [3.8, 4) is 17.2 Å². The van der Waals surface area contributed by atoms with Crippen LogP contribution in [0.25, 0.3) is 0 Å². The summed E-state index contributed by atoms with van der Waals surface area (Å²) >= 11 is 0. The highest BCUT2D eigenvalue weighted by molar-refractivity contribution is 5.86. The van der Waals surface area contributed by atoms with Crippen molar-refractivity contribution in [3.63, 3.8) is 0 Å². The number of aryl methyl sites for hydroxylation is 1. The number of ether oxygens (including phenoxy) is 2. The third-order valence-electron chi connectivity index (χ3n) is 3.64. The van der Waals surface area contributed by atoms with E-state index in [4.69, 9.17) is 9.47 Å². The SMILES string of the molecule is CCOc1cccc(/C=N\NC(=O)COc2cccc(C)c2C)c1O. The molecule has 0 saturated carbocycles. The Morgan fingerprint density at radius 1 is 1.16 bits per heavy atom. The van der Waals surface area contributed by atoms with Crippen LogP contribution in [0.5, 0.6) is 17.2 Å². The molecule has 0 aliphatic rings. The third kappa shape index (κ3) is 4.97. The summed E-state index contributed by atoms with van der Waals surface area (Å²) in [5, 5.41) is 13.9. The van der Waals surface area contributed by atoms with E-state index in [-0.39, 0.29) is 12.4 Å². The van der Waals surface area contributed by atoms with Crippen molar-refractivity contribution in [1.82, 2.24) is 5.43 Å². The zero-order chi connectivity index (χ0) is 18.2. The standard InChI is InChI=1S/C19H22N2O4/c1-4-24-17-10-6-8-15(19(17)23)11-20-21-18(22)12-25-16-9-5-7-13(2)14(16)3/h5-11,23H,4,12H2,1-3H3,(H,21,22)/b20-11-. The predicted octanol–water partition coefficient (Wildman–Crippen LogP) is 2.94. The highest BCUT2D eigenvalue weighted by atomic mass is 16.5. The molecule has 0 aliphatic carbocycles. The molecular formula is C19H22N2O4. The zero-order valence-electron chi connectivity index (χ0n) is 14.6. The minimum Gasteiger partial charge on any atom is -0.504 e. The largest absolute Gasteiger partial charge is 0.504 e. The molecule has 0 atom stereocenters. The lowest BCUT2D eigenvalue weighted by Crippen LogP contribution is -2.24. The second-order valence-electron chi connectivity index (χ2n) is 5.41. The molecule has 2 rings (SSSR count). The first-order valence-corrected chi connectivity index (χ1v) is 7.98. The smallest absolute Gasteiger partial charge is 0.277 e. The quantitative estimate of drug-likeness (QED) is 0.599. The molecule has 0 saturated heterocycles. The average molecular weight is 342 g/mol. The lowest BCUT2D eigenvalue weighted by Gasteiger charge is -2.10. The van der Waals surface area contributed by atoms with Crippen molar-refractivity contribution < 1.29 is 19.4 Å². The third-order valence-corrected chi connectivity index (χ3v) is 3.64. The first-order chi connectivity index (χ1) is 12.0. The molecule has 6 heteroatoms. The first-order valence-electron chi connectivity index (χ1n) is 7.98. The summed E-state index contributed by atoms with van der Waals surface area (Å²) in [7, 11) is 0. The van der Waals surface area contributed by atoms with E-state index in [9.17, 15) is 9.90 Å². The van der Waals surface area contributed by atoms with E-state index in [0.29, 0.717) is 23.7 Å². The summed E-state index contributed by atoms with van der Waals surface area (Å²) in [4.78, 5) is 11.8. The monoisotopic (exact) mass is 342 g/mol. The zero-order valence-corrected chi connectivity index (χ0v) is 14.6. The van der Waals surface area contributed by atoms with Gasteiger partial charge in [0.15, 0.2) is 18.1 Å². The summed E-state index contributed by atoms with van der Waals surface area (Å²) in [5.74, 6) is 0.629. The maximum atomic E-state index is 11.8. The number of para-hydroxylation sites is 1. The fourth-order valence-corrected chi connectivity index (χ4v) is 2.15. The van der Waals surface area contributed by atoms with Gasteiger partial charge in [-0.1, -0.05) is 18.2 Å². The number of hydrazone groups is 1. The van der Waals surface area contributed by atoms with Gasteiger partial charge in [-0.05, 0) is 50.1 Å². The Balaban J connectivity index is 1.90. The minimum atomic E-state index is -0.391. The highest BCUT2D eigenvalue weighted by Gasteiger charge is 2.07. The fraction of sp³-hybridized carbons (Fsp3) is 0.263. The number of benzene rings is 2. The van der Waals surface area contributed by atoms with Gasteiger partial charge in [-0.25, -0.2) is 5.43 Å². The van der Waals surface area contributed by atoms with Gasteiger partial charge in [-0.2, -0.15) is 5.10 Å². The van der Waals surface area contributed by atoms with Gasteiger partial charge < -0.3 is 14.6 Å². The number of amides is 1. The second kappa shape index (κ2) is 8.73. The van der Waals surface area contributed by atoms with Gasteiger partial charge in [0.25, 0.3) is 5.91 Å². The maximum Gasteiger partial charge on any atom is 0.277 e. The summed E-state index contributed by atoms with van der Waals surface area (Å²) in [6, 6.07) is 10.7. The topological polar surface area (TPSA) is 80.2 Å². The Kier molecular flexibility index (Phi) is 6.39. The summed E-state index contributed by atoms with van der Waals surface area (Å²) in [6.07, 6.45) is 1.35. The number of nitrogens with one attached hydrogen (secondary N) is 1. The van der Waals surface area contributed by atoms with Gasteiger partial charge in [0.1, 0.15) is 5.75 Å². The molecule has 0 spiro atoms. The van der Waals surface area contributed by atoms with E-state index < -0.39 is 5.91 Å². The van der Waals surface area contributed by atoms with Crippen LogP contribution in [0.2, 0.25) is 0 Å². The van der Waals surface area contributed by atoms with Crippen molar-refractivity contribution in [3.05, 3.63) is 53.1 Å². The Labute approximate surface area is 147 Å². The molecule has 0 radical (unpaired) electrons. The van der Waals surface area contributed by atoms with Crippen molar-refractivity contribution >= 4 is 12.1 Å². The molecule has 0 aliphatic heterocycles. The van der Waals surface area contributed by atoms with Crippen LogP contribution in [0.3, 0.4) is 0 Å². The van der Waals surface area contributed by atoms with Gasteiger partial charge >= 0.3 is 0 Å². The van der Waals surface area contributed by atoms with Crippen LogP contribution >= 0.6 is 0 Å². The van der Waals surface area contributed by atoms with Crippen molar-refractivity contribution in [2.45, 2.75) is 20.8 Å². The fourth-order valence-electron chi connectivity index (χ4n) is 2.15. The van der Waals surface area contributed by atoms with Crippen molar-refractivity contribution in [2.75, 3.05) is 13.2 Å². The highest BCUT2D eigenvalue weighted by Crippen LogP contribution is 2.28. The molecule has 0 unspecified atom stereocenters. The summed E-state index contributed by atoms with van der Waals surface area (Å²) < 4.78 is 10.8. The Bertz CT molecular complexity index is 772. The van der Waals surface area contributed by atoms with Gasteiger partial charge in [-0.3, -0.25) is 4.79 Å². The average Bonchev–Trinajstić information content (AvgIpc) is 2.59. The Morgan fingerprint density at radius 2 is 1.88 bits per heavy atom. The van der Waals surface area contributed by atoms with Crippen LogP contribution in [0, 0.1) is 13.8 Å². The number of hydrogen-bond donors (Lipinski definition) is 2. The maximum absolute atomic E-state index is 11.8. The lowest BCUT2D eigenvalue weighted by molar-refractivity contribution is -0.123. The summed E-state index contributed by atoms with van der Waals surface area (Å²) in [6.45, 7) is 6.05. The molecule has 2 aromatic carbocycles. The number of nitrogens with zero attached hydrogens (tertiary/aromatic N) is 1. The van der Waals surface area contributed by atoms with Crippen LogP contribution in [0.4, 0.5) is 0 Å². The molecule has 132 valence electrons. The van der Waals surface area contributed by atoms with E-state index in [0.717, 1.165) is 11.1 Å². The number of phenols is 1. The predicted molar refractivity (Wildman–Crippen MR) is 96.4 cm³/mol. The number of hydrogen-bond acceptors (Lipinski definition) is 5. The van der Waals surface area contributed by atoms with Crippen molar-refractivity contribution in [2.24, 2.45) is 5.10 Å². The van der Waals surface area contributed by atoms with E-state index in [1.807, 2.05) is 39.0 Å². The molecule has 0 aromatic heterocycles. The van der Waals surface area contributed by atoms with Crippen LogP contribution < -0.4 is 14.9 Å². The molecule has 1 amide bonds. The molecule has 25 heavy (non-hydrogen) atoms. The molecule has 6 nitrogen and oxygen atoms in total. The number of carbonyl (C=O) groups excluding carboxylic acids is 1. The molecule has 2 aromatic rings. The lowest BCUT2D eigenvalue weighted by atomic mass is 10.1. The number of carbonyl (C=O) groups is 1.